The molecule has 40 heavy (non-hydrogen) atoms. The molecule has 10 nitrogen and oxygen atoms in total. The van der Waals surface area contributed by atoms with Crippen molar-refractivity contribution >= 4 is 29.0 Å². The van der Waals surface area contributed by atoms with E-state index < -0.39 is 18.1 Å². The third kappa shape index (κ3) is 6.21. The van der Waals surface area contributed by atoms with Crippen LogP contribution in [0.5, 0.6) is 0 Å². The second-order valence-electron chi connectivity index (χ2n) is 9.69. The van der Waals surface area contributed by atoms with Crippen LogP contribution in [-0.4, -0.2) is 65.8 Å². The number of amides is 2. The number of nitrogens with one attached hydrogen (secondary N) is 3. The minimum atomic E-state index is -1.12. The van der Waals surface area contributed by atoms with Crippen LogP contribution in [-0.2, 0) is 25.6 Å². The van der Waals surface area contributed by atoms with E-state index in [4.69, 9.17) is 20.6 Å². The average molecular weight is 568 g/mol. The van der Waals surface area contributed by atoms with E-state index in [2.05, 4.69) is 10.6 Å². The van der Waals surface area contributed by atoms with Crippen molar-refractivity contribution < 1.29 is 28.6 Å². The lowest BCUT2D eigenvalue weighted by Gasteiger charge is -2.25. The van der Waals surface area contributed by atoms with Gasteiger partial charge in [0.05, 0.1) is 32.8 Å². The van der Waals surface area contributed by atoms with Gasteiger partial charge in [0.2, 0.25) is 11.8 Å². The van der Waals surface area contributed by atoms with Gasteiger partial charge in [0, 0.05) is 22.2 Å². The van der Waals surface area contributed by atoms with Gasteiger partial charge in [0.15, 0.2) is 5.79 Å². The Labute approximate surface area is 234 Å². The predicted molar refractivity (Wildman–Crippen MR) is 147 cm³/mol. The minimum Gasteiger partial charge on any atom is -0.384 e. The first-order valence-electron chi connectivity index (χ1n) is 12.8. The van der Waals surface area contributed by atoms with Crippen molar-refractivity contribution in [2.75, 3.05) is 26.3 Å². The number of nitrogens with two attached hydrogens (primary N) is 1. The third-order valence-corrected chi connectivity index (χ3v) is 7.92. The number of nitrogens with zero attached hydrogens (tertiary/aromatic N) is 1. The molecular formula is C28H30FN5O5S. The number of aliphatic hydroxyl groups is 1. The molecule has 6 N–H and O–H groups in total. The van der Waals surface area contributed by atoms with E-state index in [0.29, 0.717) is 24.3 Å². The Morgan fingerprint density at radius 3 is 2.42 bits per heavy atom. The highest BCUT2D eigenvalue weighted by Gasteiger charge is 2.52. The van der Waals surface area contributed by atoms with Crippen LogP contribution in [0.3, 0.4) is 0 Å². The SMILES string of the molecule is N=C(N)c1csc(CNC(=O)[C@@H]2CC3(CN2C(=O)CNC(O)c2ccc(-c4ccc(F)cc4)cc2)OCCO3)c1. The maximum atomic E-state index is 13.3. The number of benzene rings is 2. The summed E-state index contributed by atoms with van der Waals surface area (Å²) in [6, 6.07) is 14.1. The maximum absolute atomic E-state index is 13.3. The quantitative estimate of drug-likeness (QED) is 0.151. The molecule has 2 fully saturated rings. The van der Waals surface area contributed by atoms with Crippen molar-refractivity contribution in [3.8, 4) is 11.1 Å². The van der Waals surface area contributed by atoms with Crippen molar-refractivity contribution in [2.45, 2.75) is 31.0 Å². The van der Waals surface area contributed by atoms with Crippen LogP contribution in [0.25, 0.3) is 11.1 Å². The van der Waals surface area contributed by atoms with Gasteiger partial charge in [-0.15, -0.1) is 11.3 Å². The van der Waals surface area contributed by atoms with Crippen molar-refractivity contribution in [3.63, 3.8) is 0 Å². The predicted octanol–water partition coefficient (Wildman–Crippen LogP) is 2.08. The smallest absolute Gasteiger partial charge is 0.243 e. The minimum absolute atomic E-state index is 0.0441. The van der Waals surface area contributed by atoms with Crippen LogP contribution in [0.4, 0.5) is 4.39 Å². The maximum Gasteiger partial charge on any atom is 0.243 e. The van der Waals surface area contributed by atoms with Crippen LogP contribution in [0, 0.1) is 11.2 Å². The van der Waals surface area contributed by atoms with Crippen LogP contribution < -0.4 is 16.4 Å². The summed E-state index contributed by atoms with van der Waals surface area (Å²) in [6.45, 7) is 0.874. The van der Waals surface area contributed by atoms with Gasteiger partial charge in [-0.05, 0) is 34.9 Å². The highest BCUT2D eigenvalue weighted by molar-refractivity contribution is 7.10. The van der Waals surface area contributed by atoms with Crippen molar-refractivity contribution in [1.29, 1.82) is 5.41 Å². The fraction of sp³-hybridized carbons (Fsp3) is 0.321. The zero-order valence-corrected chi connectivity index (χ0v) is 22.4. The molecule has 1 unspecified atom stereocenters. The molecule has 0 bridgehead atoms. The molecule has 2 atom stereocenters. The van der Waals surface area contributed by atoms with Gasteiger partial charge in [-0.3, -0.25) is 20.3 Å². The number of nitrogen functional groups attached to an aromatic ring is 1. The van der Waals surface area contributed by atoms with E-state index in [9.17, 15) is 19.1 Å². The Hall–Kier alpha value is -3.68. The zero-order chi connectivity index (χ0) is 28.3. The first kappa shape index (κ1) is 27.9. The van der Waals surface area contributed by atoms with Gasteiger partial charge >= 0.3 is 0 Å². The molecule has 5 rings (SSSR count). The lowest BCUT2D eigenvalue weighted by molar-refractivity contribution is -0.152. The Morgan fingerprint density at radius 2 is 1.80 bits per heavy atom. The summed E-state index contributed by atoms with van der Waals surface area (Å²) in [4.78, 5) is 28.7. The summed E-state index contributed by atoms with van der Waals surface area (Å²) in [5.41, 5.74) is 8.36. The molecule has 2 aliphatic heterocycles. The van der Waals surface area contributed by atoms with Crippen molar-refractivity contribution in [3.05, 3.63) is 81.8 Å². The van der Waals surface area contributed by atoms with E-state index in [0.717, 1.165) is 16.0 Å². The summed E-state index contributed by atoms with van der Waals surface area (Å²) in [5, 5.41) is 25.6. The Balaban J connectivity index is 1.20. The molecule has 210 valence electrons. The largest absolute Gasteiger partial charge is 0.384 e. The second kappa shape index (κ2) is 11.8. The van der Waals surface area contributed by atoms with Gasteiger partial charge in [0.25, 0.3) is 0 Å². The molecule has 2 aromatic carbocycles. The highest BCUT2D eigenvalue weighted by atomic mass is 32.1. The molecule has 3 heterocycles. The van der Waals surface area contributed by atoms with E-state index in [1.807, 2.05) is 12.1 Å². The number of aliphatic hydroxyl groups excluding tert-OH is 1. The number of carbonyl (C=O) groups is 2. The molecule has 0 aliphatic carbocycles. The van der Waals surface area contributed by atoms with Gasteiger partial charge in [-0.2, -0.15) is 0 Å². The van der Waals surface area contributed by atoms with Crippen LogP contribution >= 0.6 is 11.3 Å². The summed E-state index contributed by atoms with van der Waals surface area (Å²) < 4.78 is 24.8. The van der Waals surface area contributed by atoms with Crippen molar-refractivity contribution in [2.24, 2.45) is 5.73 Å². The van der Waals surface area contributed by atoms with Gasteiger partial charge < -0.3 is 30.5 Å². The monoisotopic (exact) mass is 567 g/mol. The molecule has 3 aromatic rings. The molecule has 0 radical (unpaired) electrons. The van der Waals surface area contributed by atoms with Crippen LogP contribution in [0.15, 0.2) is 60.0 Å². The van der Waals surface area contributed by atoms with Gasteiger partial charge in [-0.1, -0.05) is 36.4 Å². The van der Waals surface area contributed by atoms with Crippen LogP contribution in [0.2, 0.25) is 0 Å². The first-order chi connectivity index (χ1) is 19.2. The zero-order valence-electron chi connectivity index (χ0n) is 21.6. The molecule has 1 spiro atoms. The second-order valence-corrected chi connectivity index (χ2v) is 10.7. The summed E-state index contributed by atoms with van der Waals surface area (Å²) in [7, 11) is 0. The number of halogens is 1. The lowest BCUT2D eigenvalue weighted by atomic mass is 10.0. The third-order valence-electron chi connectivity index (χ3n) is 6.98. The number of ether oxygens (including phenoxy) is 2. The number of rotatable bonds is 9. The highest BCUT2D eigenvalue weighted by Crippen LogP contribution is 2.35. The standard InChI is InChI=1S/C28H30FN5O5S/c29-21-7-5-18(6-8-21)17-1-3-19(4-2-17)26(36)33-14-24(35)34-16-28(38-9-10-39-28)12-23(34)27(37)32-13-22-11-20(15-40-22)25(30)31/h1-8,11,15,23,26,33,36H,9-10,12-14,16H2,(H3,30,31)(H,32,37)/t23-,26?/m0/s1. The fourth-order valence-corrected chi connectivity index (χ4v) is 5.68. The summed E-state index contributed by atoms with van der Waals surface area (Å²) in [6.07, 6.45) is -0.926. The lowest BCUT2D eigenvalue weighted by Crippen LogP contribution is -2.48. The van der Waals surface area contributed by atoms with E-state index >= 15 is 0 Å². The number of hydrogen-bond acceptors (Lipinski definition) is 8. The molecule has 0 saturated carbocycles. The number of thiophene rings is 1. The van der Waals surface area contributed by atoms with Crippen LogP contribution in [0.1, 0.15) is 28.7 Å². The number of carbonyl (C=O) groups excluding carboxylic acids is 2. The van der Waals surface area contributed by atoms with Gasteiger partial charge in [-0.25, -0.2) is 4.39 Å². The molecule has 12 heteroatoms. The Bertz CT molecular complexity index is 1370. The molecular weight excluding hydrogens is 537 g/mol. The molecule has 2 aliphatic rings. The number of hydrogen-bond donors (Lipinski definition) is 5. The number of likely N-dealkylation sites (tertiary alicyclic amines) is 1. The molecule has 1 aromatic heterocycles. The summed E-state index contributed by atoms with van der Waals surface area (Å²) in [5.74, 6) is -2.12. The Morgan fingerprint density at radius 1 is 1.15 bits per heavy atom. The number of amidine groups is 1. The van der Waals surface area contributed by atoms with E-state index in [1.165, 1.54) is 28.4 Å². The summed E-state index contributed by atoms with van der Waals surface area (Å²) >= 11 is 1.38. The normalized spacial score (nSPS) is 18.6. The van der Waals surface area contributed by atoms with Gasteiger partial charge in [0.1, 0.15) is 23.9 Å². The van der Waals surface area contributed by atoms with E-state index in [-0.39, 0.29) is 49.5 Å². The average Bonchev–Trinajstić information content (AvgIpc) is 3.71. The van der Waals surface area contributed by atoms with E-state index in [1.54, 1.807) is 35.7 Å². The van der Waals surface area contributed by atoms with Crippen molar-refractivity contribution in [1.82, 2.24) is 15.5 Å². The first-order valence-corrected chi connectivity index (χ1v) is 13.7. The molecule has 2 amide bonds. The Kier molecular flexibility index (Phi) is 8.24. The molecule has 2 saturated heterocycles. The topological polar surface area (TPSA) is 150 Å². The fourth-order valence-electron chi connectivity index (χ4n) is 4.85.